The third-order valence-corrected chi connectivity index (χ3v) is 13.4. The van der Waals surface area contributed by atoms with E-state index in [0.29, 0.717) is 75.5 Å². The molecule has 0 spiro atoms. The van der Waals surface area contributed by atoms with Gasteiger partial charge in [0.1, 0.15) is 11.0 Å². The number of fused-ring (bicyclic) bond motifs is 2. The van der Waals surface area contributed by atoms with Gasteiger partial charge in [-0.25, -0.2) is 36.8 Å². The molecule has 1 atom stereocenters. The molecule has 302 valence electrons. The second-order valence-electron chi connectivity index (χ2n) is 13.6. The summed E-state index contributed by atoms with van der Waals surface area (Å²) in [5.41, 5.74) is 5.02. The lowest BCUT2D eigenvalue weighted by Gasteiger charge is -2.13. The zero-order valence-corrected chi connectivity index (χ0v) is 34.0. The van der Waals surface area contributed by atoms with E-state index in [4.69, 9.17) is 4.74 Å². The number of methoxy groups -OCH3 is 1. The van der Waals surface area contributed by atoms with Crippen molar-refractivity contribution >= 4 is 53.8 Å². The van der Waals surface area contributed by atoms with Crippen LogP contribution in [0.2, 0.25) is 0 Å². The number of carbonyl (C=O) groups excluding carboxylic acids is 2. The highest BCUT2D eigenvalue weighted by Gasteiger charge is 2.22. The summed E-state index contributed by atoms with van der Waals surface area (Å²) < 4.78 is 54.0. The first kappa shape index (κ1) is 42.6. The largest absolute Gasteiger partial charge is 0.394 e. The van der Waals surface area contributed by atoms with Crippen LogP contribution in [-0.2, 0) is 24.4 Å². The van der Waals surface area contributed by atoms with Crippen LogP contribution in [0.15, 0.2) is 83.1 Å². The zero-order valence-electron chi connectivity index (χ0n) is 32.4. The van der Waals surface area contributed by atoms with E-state index < -0.39 is 30.2 Å². The number of nitrogens with one attached hydrogen (secondary N) is 4. The van der Waals surface area contributed by atoms with E-state index in [9.17, 15) is 31.5 Å². The molecule has 2 amide bonds. The molecule has 0 aliphatic heterocycles. The van der Waals surface area contributed by atoms with Crippen LogP contribution in [-0.4, -0.2) is 107 Å². The summed E-state index contributed by atoms with van der Waals surface area (Å²) in [5, 5.41) is 13.8. The van der Waals surface area contributed by atoms with Crippen molar-refractivity contribution in [2.75, 3.05) is 26.9 Å². The van der Waals surface area contributed by atoms with Crippen LogP contribution in [0.1, 0.15) is 61.8 Å². The molecule has 4 heterocycles. The van der Waals surface area contributed by atoms with Gasteiger partial charge in [-0.1, -0.05) is 31.2 Å². The highest BCUT2D eigenvalue weighted by Crippen LogP contribution is 2.26. The predicted octanol–water partition coefficient (Wildman–Crippen LogP) is 4.49. The summed E-state index contributed by atoms with van der Waals surface area (Å²) in [6.07, 6.45) is 6.85. The van der Waals surface area contributed by atoms with E-state index in [1.807, 2.05) is 6.92 Å². The Labute approximate surface area is 330 Å². The van der Waals surface area contributed by atoms with Gasteiger partial charge in [-0.3, -0.25) is 9.59 Å². The van der Waals surface area contributed by atoms with Crippen molar-refractivity contribution in [3.05, 3.63) is 84.4 Å². The molecule has 0 fully saturated rings. The van der Waals surface area contributed by atoms with E-state index >= 15 is 0 Å². The molecular weight excluding hydrogens is 773 g/mol. The van der Waals surface area contributed by atoms with Gasteiger partial charge in [0.15, 0.2) is 31.0 Å². The van der Waals surface area contributed by atoms with E-state index in [0.717, 1.165) is 0 Å². The number of aliphatic hydroxyl groups is 1. The van der Waals surface area contributed by atoms with Gasteiger partial charge >= 0.3 is 0 Å². The lowest BCUT2D eigenvalue weighted by Crippen LogP contribution is -2.36. The number of hydrogen-bond acceptors (Lipinski definition) is 12. The van der Waals surface area contributed by atoms with E-state index in [-0.39, 0.29) is 34.3 Å². The standard InChI is InChI=1S/C20H24N4O4S.C19H22N4O4S/c1-4-14(11-25)23-20(26)16-9-21-19-18(16)24-17(10-22-19)13-5-7-15(8-6-13)29(27,28)12(2)3;1-12(2)28(25,26)14-6-4-13(5-7-14)16-11-22-18-17(23-16)15(10-21-18)19(24)20-8-9-27-3/h5-10,12,14,25H,4,11H2,1-3H3,(H,21,22)(H,23,26);4-7,10-12H,8-9H2,1-3H3,(H,20,24)(H,21,22)/t14-;/m1./s1. The van der Waals surface area contributed by atoms with Crippen molar-refractivity contribution in [1.29, 1.82) is 0 Å². The molecular formula is C39H46N8O8S2. The number of benzene rings is 2. The average molecular weight is 819 g/mol. The molecule has 2 aromatic carbocycles. The minimum absolute atomic E-state index is 0.146. The molecule has 18 heteroatoms. The number of aromatic amines is 2. The Morgan fingerprint density at radius 1 is 0.737 bits per heavy atom. The third-order valence-electron chi connectivity index (χ3n) is 9.09. The highest BCUT2D eigenvalue weighted by atomic mass is 32.2. The van der Waals surface area contributed by atoms with Crippen molar-refractivity contribution in [2.45, 2.75) is 67.4 Å². The molecule has 16 nitrogen and oxygen atoms in total. The summed E-state index contributed by atoms with van der Waals surface area (Å²) >= 11 is 0. The van der Waals surface area contributed by atoms with Crippen LogP contribution in [0.5, 0.6) is 0 Å². The first-order chi connectivity index (χ1) is 27.1. The maximum atomic E-state index is 12.5. The van der Waals surface area contributed by atoms with Gasteiger partial charge in [0.2, 0.25) is 0 Å². The Morgan fingerprint density at radius 2 is 1.18 bits per heavy atom. The van der Waals surface area contributed by atoms with Gasteiger partial charge in [-0.2, -0.15) is 0 Å². The number of rotatable bonds is 14. The molecule has 0 bridgehead atoms. The first-order valence-corrected chi connectivity index (χ1v) is 21.3. The number of sulfone groups is 2. The molecule has 6 rings (SSSR count). The zero-order chi connectivity index (χ0) is 41.5. The van der Waals surface area contributed by atoms with E-state index in [1.54, 1.807) is 102 Å². The fraction of sp³-hybridized carbons (Fsp3) is 0.333. The summed E-state index contributed by atoms with van der Waals surface area (Å²) in [6, 6.07) is 12.6. The monoisotopic (exact) mass is 818 g/mol. The van der Waals surface area contributed by atoms with Crippen LogP contribution < -0.4 is 10.6 Å². The Morgan fingerprint density at radius 3 is 1.56 bits per heavy atom. The molecule has 0 aliphatic carbocycles. The Kier molecular flexibility index (Phi) is 13.6. The topological polar surface area (TPSA) is 239 Å². The normalized spacial score (nSPS) is 12.4. The minimum atomic E-state index is -3.35. The number of carbonyl (C=O) groups is 2. The third kappa shape index (κ3) is 9.53. The van der Waals surface area contributed by atoms with Gasteiger partial charge in [0.05, 0.1) is 74.5 Å². The molecule has 6 aromatic rings. The van der Waals surface area contributed by atoms with Crippen molar-refractivity contribution < 1.29 is 36.3 Å². The first-order valence-electron chi connectivity index (χ1n) is 18.2. The van der Waals surface area contributed by atoms with Crippen molar-refractivity contribution in [2.24, 2.45) is 0 Å². The van der Waals surface area contributed by atoms with Gasteiger partial charge < -0.3 is 30.4 Å². The maximum Gasteiger partial charge on any atom is 0.255 e. The van der Waals surface area contributed by atoms with Gasteiger partial charge in [0.25, 0.3) is 11.8 Å². The van der Waals surface area contributed by atoms with E-state index in [1.165, 1.54) is 6.20 Å². The Bertz CT molecular complexity index is 2560. The smallest absolute Gasteiger partial charge is 0.255 e. The minimum Gasteiger partial charge on any atom is -0.394 e. The summed E-state index contributed by atoms with van der Waals surface area (Å²) in [5.74, 6) is -0.616. The van der Waals surface area contributed by atoms with Crippen LogP contribution >= 0.6 is 0 Å². The molecule has 4 aromatic heterocycles. The average Bonchev–Trinajstić information content (AvgIpc) is 3.84. The quantitative estimate of drug-likeness (QED) is 0.0956. The van der Waals surface area contributed by atoms with Crippen molar-refractivity contribution in [3.8, 4) is 22.5 Å². The van der Waals surface area contributed by atoms with Crippen LogP contribution in [0, 0.1) is 0 Å². The molecule has 0 saturated heterocycles. The lowest BCUT2D eigenvalue weighted by molar-refractivity contribution is 0.0914. The maximum absolute atomic E-state index is 12.5. The molecule has 5 N–H and O–H groups in total. The van der Waals surface area contributed by atoms with Crippen molar-refractivity contribution in [1.82, 2.24) is 40.5 Å². The molecule has 0 saturated carbocycles. The number of aromatic nitrogens is 6. The SMILES string of the molecule is CC[C@H](CO)NC(=O)c1c[nH]c2ncc(-c3ccc(S(=O)(=O)C(C)C)cc3)nc12.COCCNC(=O)c1c[nH]c2ncc(-c3ccc(S(=O)(=O)C(C)C)cc3)nc12. The summed E-state index contributed by atoms with van der Waals surface area (Å²) in [4.78, 5) is 49.0. The second kappa shape index (κ2) is 18.1. The second-order valence-corrected chi connectivity index (χ2v) is 18.6. The predicted molar refractivity (Wildman–Crippen MR) is 216 cm³/mol. The lowest BCUT2D eigenvalue weighted by atomic mass is 10.1. The molecule has 0 radical (unpaired) electrons. The number of nitrogens with zero attached hydrogens (tertiary/aromatic N) is 4. The Balaban J connectivity index is 0.000000218. The summed E-state index contributed by atoms with van der Waals surface area (Å²) in [6.45, 7) is 9.10. The number of ether oxygens (including phenoxy) is 1. The number of aliphatic hydroxyl groups excluding tert-OH is 1. The van der Waals surface area contributed by atoms with Gasteiger partial charge in [-0.15, -0.1) is 0 Å². The summed E-state index contributed by atoms with van der Waals surface area (Å²) in [7, 11) is -5.12. The van der Waals surface area contributed by atoms with Crippen LogP contribution in [0.25, 0.3) is 44.8 Å². The van der Waals surface area contributed by atoms with Crippen molar-refractivity contribution in [3.63, 3.8) is 0 Å². The van der Waals surface area contributed by atoms with Crippen LogP contribution in [0.4, 0.5) is 0 Å². The number of amides is 2. The highest BCUT2D eigenvalue weighted by molar-refractivity contribution is 7.92. The fourth-order valence-corrected chi connectivity index (χ4v) is 7.60. The number of H-pyrrole nitrogens is 2. The molecule has 57 heavy (non-hydrogen) atoms. The van der Waals surface area contributed by atoms with Gasteiger partial charge in [0, 0.05) is 37.2 Å². The molecule has 0 aliphatic rings. The molecule has 0 unspecified atom stereocenters. The van der Waals surface area contributed by atoms with E-state index in [2.05, 4.69) is 40.5 Å². The Hall–Kier alpha value is -5.56. The van der Waals surface area contributed by atoms with Crippen LogP contribution in [0.3, 0.4) is 0 Å². The fourth-order valence-electron chi connectivity index (χ4n) is 5.48. The van der Waals surface area contributed by atoms with Gasteiger partial charge in [-0.05, 0) is 58.4 Å². The number of hydrogen-bond donors (Lipinski definition) is 5.